The number of hydrogen-bond donors (Lipinski definition) is 0. The van der Waals surface area contributed by atoms with E-state index in [2.05, 4.69) is 31.9 Å². The Morgan fingerprint density at radius 1 is 0.773 bits per heavy atom. The third-order valence-corrected chi connectivity index (χ3v) is 5.13. The number of carbonyl (C=O) groups excluding carboxylic acids is 2. The van der Waals surface area contributed by atoms with Gasteiger partial charge in [-0.1, -0.05) is 56.1 Å². The third kappa shape index (κ3) is 2.95. The molecule has 112 valence electrons. The summed E-state index contributed by atoms with van der Waals surface area (Å²) in [6.45, 7) is 0. The van der Waals surface area contributed by atoms with Crippen LogP contribution >= 0.6 is 31.9 Å². The maximum Gasteiger partial charge on any atom is 0.141 e. The van der Waals surface area contributed by atoms with Crippen molar-refractivity contribution in [3.05, 3.63) is 68.6 Å². The molecule has 2 aromatic carbocycles. The first-order valence-corrected chi connectivity index (χ1v) is 8.64. The lowest BCUT2D eigenvalue weighted by atomic mass is 9.64. The highest BCUT2D eigenvalue weighted by molar-refractivity contribution is 9.10. The van der Waals surface area contributed by atoms with Crippen LogP contribution < -0.4 is 0 Å². The third-order valence-electron chi connectivity index (χ3n) is 4.15. The fraction of sp³-hybridized carbons (Fsp3) is 0.222. The molecule has 0 aromatic heterocycles. The van der Waals surface area contributed by atoms with Crippen LogP contribution in [0.4, 0.5) is 0 Å². The monoisotopic (exact) mass is 420 g/mol. The van der Waals surface area contributed by atoms with E-state index >= 15 is 0 Å². The standard InChI is InChI=1S/C18H14Br2O2/c19-14-5-1-3-12(7-14)18(10-16(21)9-17(22)11-18)13-4-2-6-15(20)8-13/h1-8H,9-11H2. The minimum absolute atomic E-state index is 0.0104. The number of hydrogen-bond acceptors (Lipinski definition) is 2. The summed E-state index contributed by atoms with van der Waals surface area (Å²) in [7, 11) is 0. The molecule has 2 nitrogen and oxygen atoms in total. The molecule has 0 unspecified atom stereocenters. The molecule has 0 N–H and O–H groups in total. The second-order valence-electron chi connectivity index (χ2n) is 5.71. The normalized spacial score (nSPS) is 17.5. The summed E-state index contributed by atoms with van der Waals surface area (Å²) in [5.74, 6) is 0.0207. The second-order valence-corrected chi connectivity index (χ2v) is 7.54. The van der Waals surface area contributed by atoms with Crippen LogP contribution in [0.1, 0.15) is 30.4 Å². The molecule has 1 fully saturated rings. The molecule has 0 bridgehead atoms. The van der Waals surface area contributed by atoms with Gasteiger partial charge in [-0.2, -0.15) is 0 Å². The summed E-state index contributed by atoms with van der Waals surface area (Å²) in [4.78, 5) is 24.3. The molecule has 1 aliphatic rings. The molecule has 0 heterocycles. The SMILES string of the molecule is O=C1CC(=O)CC(c2cccc(Br)c2)(c2cccc(Br)c2)C1. The number of Topliss-reactive ketones (excluding diaryl/α,β-unsaturated/α-hetero) is 2. The van der Waals surface area contributed by atoms with E-state index in [1.807, 2.05) is 48.5 Å². The van der Waals surface area contributed by atoms with Crippen molar-refractivity contribution in [2.45, 2.75) is 24.7 Å². The molecule has 0 aliphatic heterocycles. The van der Waals surface area contributed by atoms with Gasteiger partial charge in [-0.05, 0) is 35.4 Å². The predicted molar refractivity (Wildman–Crippen MR) is 92.9 cm³/mol. The highest BCUT2D eigenvalue weighted by Crippen LogP contribution is 2.43. The van der Waals surface area contributed by atoms with Crippen LogP contribution in [0.2, 0.25) is 0 Å². The zero-order chi connectivity index (χ0) is 15.7. The molecule has 1 saturated carbocycles. The zero-order valence-electron chi connectivity index (χ0n) is 11.8. The van der Waals surface area contributed by atoms with E-state index in [0.29, 0.717) is 12.8 Å². The minimum atomic E-state index is -0.569. The second kappa shape index (κ2) is 6.09. The molecule has 22 heavy (non-hydrogen) atoms. The van der Waals surface area contributed by atoms with Gasteiger partial charge < -0.3 is 0 Å². The van der Waals surface area contributed by atoms with Crippen LogP contribution in [0.15, 0.2) is 57.5 Å². The van der Waals surface area contributed by atoms with E-state index in [0.717, 1.165) is 20.1 Å². The Hall–Kier alpha value is -1.26. The van der Waals surface area contributed by atoms with Gasteiger partial charge in [0.1, 0.15) is 11.6 Å². The van der Waals surface area contributed by atoms with Gasteiger partial charge in [-0.25, -0.2) is 0 Å². The van der Waals surface area contributed by atoms with Crippen molar-refractivity contribution in [1.29, 1.82) is 0 Å². The highest BCUT2D eigenvalue weighted by atomic mass is 79.9. The van der Waals surface area contributed by atoms with Gasteiger partial charge in [0.25, 0.3) is 0 Å². The lowest BCUT2D eigenvalue weighted by molar-refractivity contribution is -0.131. The first-order chi connectivity index (χ1) is 10.5. The quantitative estimate of drug-likeness (QED) is 0.651. The maximum absolute atomic E-state index is 12.2. The van der Waals surface area contributed by atoms with Crippen molar-refractivity contribution in [2.75, 3.05) is 0 Å². The molecular weight excluding hydrogens is 408 g/mol. The Labute approximate surface area is 146 Å². The molecule has 4 heteroatoms. The number of carbonyl (C=O) groups is 2. The summed E-state index contributed by atoms with van der Waals surface area (Å²) in [6.07, 6.45) is 0.793. The van der Waals surface area contributed by atoms with E-state index in [4.69, 9.17) is 0 Å². The largest absolute Gasteiger partial charge is 0.299 e. The van der Waals surface area contributed by atoms with Crippen LogP contribution in [0.5, 0.6) is 0 Å². The fourth-order valence-corrected chi connectivity index (χ4v) is 4.03. The van der Waals surface area contributed by atoms with Crippen LogP contribution in [-0.4, -0.2) is 11.6 Å². The van der Waals surface area contributed by atoms with Gasteiger partial charge in [-0.3, -0.25) is 9.59 Å². The van der Waals surface area contributed by atoms with Crippen LogP contribution in [0.25, 0.3) is 0 Å². The summed E-state index contributed by atoms with van der Waals surface area (Å²) in [5, 5.41) is 0. The van der Waals surface area contributed by atoms with Gasteiger partial charge in [0.05, 0.1) is 6.42 Å². The van der Waals surface area contributed by atoms with Gasteiger partial charge in [0.2, 0.25) is 0 Å². The molecule has 0 atom stereocenters. The number of rotatable bonds is 2. The maximum atomic E-state index is 12.2. The summed E-state index contributed by atoms with van der Waals surface area (Å²) >= 11 is 6.98. The van der Waals surface area contributed by atoms with Crippen LogP contribution in [0.3, 0.4) is 0 Å². The van der Waals surface area contributed by atoms with E-state index in [1.54, 1.807) is 0 Å². The van der Waals surface area contributed by atoms with E-state index in [1.165, 1.54) is 0 Å². The van der Waals surface area contributed by atoms with E-state index in [-0.39, 0.29) is 18.0 Å². The van der Waals surface area contributed by atoms with Crippen molar-refractivity contribution in [3.63, 3.8) is 0 Å². The average molecular weight is 422 g/mol. The lowest BCUT2D eigenvalue weighted by Crippen LogP contribution is -2.38. The van der Waals surface area contributed by atoms with Gasteiger partial charge in [0, 0.05) is 27.2 Å². The average Bonchev–Trinajstić information content (AvgIpc) is 2.46. The molecule has 3 rings (SSSR count). The Bertz CT molecular complexity index is 689. The van der Waals surface area contributed by atoms with Crippen LogP contribution in [0, 0.1) is 0 Å². The lowest BCUT2D eigenvalue weighted by Gasteiger charge is -2.37. The number of ketones is 2. The van der Waals surface area contributed by atoms with E-state index < -0.39 is 5.41 Å². The zero-order valence-corrected chi connectivity index (χ0v) is 15.0. The molecule has 0 spiro atoms. The Kier molecular flexibility index (Phi) is 4.33. The summed E-state index contributed by atoms with van der Waals surface area (Å²) in [6, 6.07) is 15.8. The minimum Gasteiger partial charge on any atom is -0.299 e. The predicted octanol–water partition coefficient (Wildman–Crippen LogP) is 4.82. The topological polar surface area (TPSA) is 34.1 Å². The summed E-state index contributed by atoms with van der Waals surface area (Å²) in [5.41, 5.74) is 1.43. The molecule has 0 saturated heterocycles. The first-order valence-electron chi connectivity index (χ1n) is 7.05. The molecule has 0 radical (unpaired) electrons. The Morgan fingerprint density at radius 2 is 1.23 bits per heavy atom. The van der Waals surface area contributed by atoms with Crippen molar-refractivity contribution < 1.29 is 9.59 Å². The van der Waals surface area contributed by atoms with E-state index in [9.17, 15) is 9.59 Å². The van der Waals surface area contributed by atoms with Crippen molar-refractivity contribution in [1.82, 2.24) is 0 Å². The number of halogens is 2. The van der Waals surface area contributed by atoms with Crippen LogP contribution in [-0.2, 0) is 15.0 Å². The first kappa shape index (κ1) is 15.6. The Balaban J connectivity index is 2.22. The van der Waals surface area contributed by atoms with Gasteiger partial charge in [0.15, 0.2) is 0 Å². The van der Waals surface area contributed by atoms with Gasteiger partial charge >= 0.3 is 0 Å². The molecule has 1 aliphatic carbocycles. The molecule has 0 amide bonds. The molecule has 2 aromatic rings. The smallest absolute Gasteiger partial charge is 0.141 e. The molecular formula is C18H14Br2O2. The Morgan fingerprint density at radius 3 is 1.64 bits per heavy atom. The fourth-order valence-electron chi connectivity index (χ4n) is 3.23. The highest BCUT2D eigenvalue weighted by Gasteiger charge is 2.42. The van der Waals surface area contributed by atoms with Crippen molar-refractivity contribution in [3.8, 4) is 0 Å². The van der Waals surface area contributed by atoms with Crippen molar-refractivity contribution >= 4 is 43.4 Å². The van der Waals surface area contributed by atoms with Gasteiger partial charge in [-0.15, -0.1) is 0 Å². The van der Waals surface area contributed by atoms with Crippen molar-refractivity contribution in [2.24, 2.45) is 0 Å². The summed E-state index contributed by atoms with van der Waals surface area (Å²) < 4.78 is 1.90. The number of benzene rings is 2.